The summed E-state index contributed by atoms with van der Waals surface area (Å²) in [6, 6.07) is 8.03. The van der Waals surface area contributed by atoms with E-state index in [9.17, 15) is 9.59 Å². The highest BCUT2D eigenvalue weighted by Crippen LogP contribution is 2.25. The molecule has 1 fully saturated rings. The molecule has 0 radical (unpaired) electrons. The van der Waals surface area contributed by atoms with Gasteiger partial charge in [0, 0.05) is 29.2 Å². The van der Waals surface area contributed by atoms with Gasteiger partial charge in [-0.15, -0.1) is 0 Å². The monoisotopic (exact) mass is 394 g/mol. The Morgan fingerprint density at radius 3 is 2.62 bits per heavy atom. The molecule has 0 saturated heterocycles. The van der Waals surface area contributed by atoms with E-state index in [1.807, 2.05) is 42.6 Å². The van der Waals surface area contributed by atoms with Crippen molar-refractivity contribution in [3.8, 4) is 0 Å². The number of amides is 1. The smallest absolute Gasteiger partial charge is 0.306 e. The third-order valence-electron chi connectivity index (χ3n) is 6.06. The van der Waals surface area contributed by atoms with E-state index in [4.69, 9.17) is 10.1 Å². The number of carbonyl (C=O) groups excluding carboxylic acids is 1. The number of aryl methyl sites for hydroxylation is 2. The van der Waals surface area contributed by atoms with Gasteiger partial charge in [0.1, 0.15) is 0 Å². The predicted octanol–water partition coefficient (Wildman–Crippen LogP) is 3.19. The molecule has 0 atom stereocenters. The summed E-state index contributed by atoms with van der Waals surface area (Å²) in [7, 11) is 0. The number of nitrogens with one attached hydrogen (secondary N) is 1. The normalized spacial score (nSPS) is 19.5. The number of carboxylic acid groups (broad SMARTS) is 1. The van der Waals surface area contributed by atoms with Crippen LogP contribution in [0.25, 0.3) is 16.6 Å². The SMILES string of the molecule is Cc1nc2c3ccccc3nn2c(C)c1CCC(=O)NC1CCC(C(=O)O)CC1. The number of aromatic nitrogens is 3. The Bertz CT molecular complexity index is 1080. The van der Waals surface area contributed by atoms with Crippen LogP contribution in [0.3, 0.4) is 0 Å². The second-order valence-corrected chi connectivity index (χ2v) is 7.97. The Balaban J connectivity index is 1.44. The molecule has 1 aromatic carbocycles. The van der Waals surface area contributed by atoms with E-state index in [1.54, 1.807) is 0 Å². The Hall–Kier alpha value is -2.96. The van der Waals surface area contributed by atoms with Gasteiger partial charge in [0.25, 0.3) is 0 Å². The van der Waals surface area contributed by atoms with Crippen molar-refractivity contribution in [1.82, 2.24) is 19.9 Å². The lowest BCUT2D eigenvalue weighted by Gasteiger charge is -2.26. The molecule has 152 valence electrons. The second-order valence-electron chi connectivity index (χ2n) is 7.97. The van der Waals surface area contributed by atoms with Crippen molar-refractivity contribution in [3.05, 3.63) is 41.2 Å². The van der Waals surface area contributed by atoms with Gasteiger partial charge in [-0.1, -0.05) is 12.1 Å². The van der Waals surface area contributed by atoms with Gasteiger partial charge in [-0.2, -0.15) is 5.10 Å². The summed E-state index contributed by atoms with van der Waals surface area (Å²) in [6.07, 6.45) is 3.71. The zero-order valence-corrected chi connectivity index (χ0v) is 16.8. The van der Waals surface area contributed by atoms with Gasteiger partial charge < -0.3 is 10.4 Å². The molecule has 2 heterocycles. The molecule has 1 saturated carbocycles. The highest BCUT2D eigenvalue weighted by molar-refractivity contribution is 5.92. The van der Waals surface area contributed by atoms with Gasteiger partial charge in [-0.25, -0.2) is 9.50 Å². The zero-order valence-electron chi connectivity index (χ0n) is 16.8. The van der Waals surface area contributed by atoms with Crippen molar-refractivity contribution in [2.45, 2.75) is 58.4 Å². The number of benzene rings is 1. The van der Waals surface area contributed by atoms with E-state index in [1.165, 1.54) is 0 Å². The first kappa shape index (κ1) is 19.4. The third-order valence-corrected chi connectivity index (χ3v) is 6.06. The molecule has 0 aliphatic heterocycles. The van der Waals surface area contributed by atoms with Crippen LogP contribution in [0.4, 0.5) is 0 Å². The maximum Gasteiger partial charge on any atom is 0.306 e. The molecule has 1 aliphatic carbocycles. The minimum Gasteiger partial charge on any atom is -0.481 e. The summed E-state index contributed by atoms with van der Waals surface area (Å²) in [4.78, 5) is 28.3. The van der Waals surface area contributed by atoms with Crippen LogP contribution in [0.5, 0.6) is 0 Å². The van der Waals surface area contributed by atoms with Gasteiger partial charge in [-0.05, 0) is 63.6 Å². The first-order valence-electron chi connectivity index (χ1n) is 10.2. The number of nitrogens with zero attached hydrogens (tertiary/aromatic N) is 3. The van der Waals surface area contributed by atoms with E-state index < -0.39 is 5.97 Å². The first-order valence-corrected chi connectivity index (χ1v) is 10.2. The summed E-state index contributed by atoms with van der Waals surface area (Å²) in [5, 5.41) is 17.9. The molecular formula is C22H26N4O3. The highest BCUT2D eigenvalue weighted by Gasteiger charge is 2.26. The van der Waals surface area contributed by atoms with Crippen molar-refractivity contribution < 1.29 is 14.7 Å². The Morgan fingerprint density at radius 2 is 1.90 bits per heavy atom. The average molecular weight is 394 g/mol. The van der Waals surface area contributed by atoms with Gasteiger partial charge in [-0.3, -0.25) is 9.59 Å². The van der Waals surface area contributed by atoms with E-state index in [0.29, 0.717) is 25.7 Å². The fourth-order valence-corrected chi connectivity index (χ4v) is 4.36. The summed E-state index contributed by atoms with van der Waals surface area (Å²) in [6.45, 7) is 4.00. The summed E-state index contributed by atoms with van der Waals surface area (Å²) in [5.74, 6) is -0.987. The van der Waals surface area contributed by atoms with E-state index in [0.717, 1.165) is 46.3 Å². The molecule has 29 heavy (non-hydrogen) atoms. The van der Waals surface area contributed by atoms with Crippen molar-refractivity contribution in [2.75, 3.05) is 0 Å². The molecule has 1 aliphatic rings. The average Bonchev–Trinajstić information content (AvgIpc) is 3.07. The molecule has 2 aromatic heterocycles. The topological polar surface area (TPSA) is 96.6 Å². The fourth-order valence-electron chi connectivity index (χ4n) is 4.36. The number of hydrogen-bond acceptors (Lipinski definition) is 4. The number of fused-ring (bicyclic) bond motifs is 3. The maximum absolute atomic E-state index is 12.5. The predicted molar refractivity (Wildman–Crippen MR) is 110 cm³/mol. The van der Waals surface area contributed by atoms with Gasteiger partial charge in [0.15, 0.2) is 5.65 Å². The minimum absolute atomic E-state index is 0.00768. The maximum atomic E-state index is 12.5. The lowest BCUT2D eigenvalue weighted by molar-refractivity contribution is -0.142. The summed E-state index contributed by atoms with van der Waals surface area (Å²) < 4.78 is 1.87. The van der Waals surface area contributed by atoms with E-state index in [2.05, 4.69) is 10.4 Å². The standard InChI is InChI=1S/C22H26N4O3/c1-13-17(11-12-20(27)24-16-9-7-15(8-10-16)22(28)29)14(2)26-21(23-13)18-5-3-4-6-19(18)25-26/h3-6,15-16H,7-12H2,1-2H3,(H,24,27)(H,28,29). The molecule has 1 amide bonds. The van der Waals surface area contributed by atoms with Crippen molar-refractivity contribution in [1.29, 1.82) is 0 Å². The van der Waals surface area contributed by atoms with Crippen molar-refractivity contribution in [3.63, 3.8) is 0 Å². The second kappa shape index (κ2) is 7.81. The third kappa shape index (κ3) is 3.81. The number of carboxylic acids is 1. The zero-order chi connectivity index (χ0) is 20.5. The molecule has 0 unspecified atom stereocenters. The summed E-state index contributed by atoms with van der Waals surface area (Å²) >= 11 is 0. The molecule has 0 bridgehead atoms. The fraction of sp³-hybridized carbons (Fsp3) is 0.455. The van der Waals surface area contributed by atoms with Crippen LogP contribution in [0.2, 0.25) is 0 Å². The number of aliphatic carboxylic acids is 1. The molecule has 7 nitrogen and oxygen atoms in total. The lowest BCUT2D eigenvalue weighted by atomic mass is 9.86. The molecule has 2 N–H and O–H groups in total. The Kier molecular flexibility index (Phi) is 5.22. The van der Waals surface area contributed by atoms with Crippen LogP contribution in [0.1, 0.15) is 49.1 Å². The number of hydrogen-bond donors (Lipinski definition) is 2. The first-order chi connectivity index (χ1) is 13.9. The van der Waals surface area contributed by atoms with E-state index >= 15 is 0 Å². The van der Waals surface area contributed by atoms with E-state index in [-0.39, 0.29) is 17.9 Å². The molecule has 3 aromatic rings. The largest absolute Gasteiger partial charge is 0.481 e. The Morgan fingerprint density at radius 1 is 1.17 bits per heavy atom. The molecule has 0 spiro atoms. The van der Waals surface area contributed by atoms with Crippen molar-refractivity contribution >= 4 is 28.4 Å². The van der Waals surface area contributed by atoms with Gasteiger partial charge in [0.05, 0.1) is 11.4 Å². The quantitative estimate of drug-likeness (QED) is 0.693. The van der Waals surface area contributed by atoms with Crippen LogP contribution in [0, 0.1) is 19.8 Å². The molecule has 4 rings (SSSR count). The highest BCUT2D eigenvalue weighted by atomic mass is 16.4. The van der Waals surface area contributed by atoms with Crippen LogP contribution in [-0.4, -0.2) is 37.6 Å². The van der Waals surface area contributed by atoms with Crippen LogP contribution in [0.15, 0.2) is 24.3 Å². The van der Waals surface area contributed by atoms with Gasteiger partial charge in [0.2, 0.25) is 5.91 Å². The summed E-state index contributed by atoms with van der Waals surface area (Å²) in [5.41, 5.74) is 4.75. The van der Waals surface area contributed by atoms with Crippen LogP contribution >= 0.6 is 0 Å². The number of rotatable bonds is 5. The lowest BCUT2D eigenvalue weighted by Crippen LogP contribution is -2.38. The number of carbonyl (C=O) groups is 2. The van der Waals surface area contributed by atoms with Gasteiger partial charge >= 0.3 is 5.97 Å². The minimum atomic E-state index is -0.727. The van der Waals surface area contributed by atoms with Crippen LogP contribution in [-0.2, 0) is 16.0 Å². The Labute approximate surface area is 169 Å². The van der Waals surface area contributed by atoms with Crippen LogP contribution < -0.4 is 5.32 Å². The molecular weight excluding hydrogens is 368 g/mol. The van der Waals surface area contributed by atoms with Crippen molar-refractivity contribution in [2.24, 2.45) is 5.92 Å². The molecule has 7 heteroatoms.